The van der Waals surface area contributed by atoms with E-state index in [4.69, 9.17) is 5.73 Å². The van der Waals surface area contributed by atoms with E-state index in [1.165, 1.54) is 0 Å². The van der Waals surface area contributed by atoms with Crippen LogP contribution in [0, 0.1) is 0 Å². The molecule has 1 aliphatic rings. The van der Waals surface area contributed by atoms with E-state index in [1.807, 2.05) is 4.90 Å². The lowest BCUT2D eigenvalue weighted by molar-refractivity contribution is 0.154. The molecule has 1 saturated heterocycles. The zero-order chi connectivity index (χ0) is 13.3. The number of sulfone groups is 1. The molecule has 0 aromatic carbocycles. The summed E-state index contributed by atoms with van der Waals surface area (Å²) < 4.78 is 28.0. The summed E-state index contributed by atoms with van der Waals surface area (Å²) in [5.74, 6) is 0.0656. The second-order valence-electron chi connectivity index (χ2n) is 4.35. The average molecular weight is 291 g/mol. The van der Waals surface area contributed by atoms with E-state index in [0.717, 1.165) is 30.9 Å². The fourth-order valence-electron chi connectivity index (χ4n) is 2.06. The quantitative estimate of drug-likeness (QED) is 0.841. The zero-order valence-corrected chi connectivity index (χ0v) is 11.8. The van der Waals surface area contributed by atoms with Gasteiger partial charge in [0.15, 0.2) is 15.7 Å². The number of aliphatic hydroxyl groups is 1. The van der Waals surface area contributed by atoms with Crippen molar-refractivity contribution in [1.29, 1.82) is 0 Å². The van der Waals surface area contributed by atoms with E-state index in [2.05, 4.69) is 4.37 Å². The predicted molar refractivity (Wildman–Crippen MR) is 71.7 cm³/mol. The van der Waals surface area contributed by atoms with Crippen molar-refractivity contribution in [2.24, 2.45) is 0 Å². The van der Waals surface area contributed by atoms with Gasteiger partial charge in [-0.15, -0.1) is 0 Å². The third-order valence-electron chi connectivity index (χ3n) is 3.03. The molecule has 0 radical (unpaired) electrons. The minimum absolute atomic E-state index is 0.000985. The molecule has 3 N–H and O–H groups in total. The van der Waals surface area contributed by atoms with Crippen molar-refractivity contribution in [1.82, 2.24) is 4.37 Å². The van der Waals surface area contributed by atoms with Crippen molar-refractivity contribution in [3.8, 4) is 0 Å². The first-order chi connectivity index (χ1) is 8.45. The molecular weight excluding hydrogens is 274 g/mol. The molecule has 102 valence electrons. The first kappa shape index (κ1) is 13.6. The van der Waals surface area contributed by atoms with Gasteiger partial charge in [-0.2, -0.15) is 4.37 Å². The highest BCUT2D eigenvalue weighted by atomic mass is 32.2. The molecule has 2 heterocycles. The van der Waals surface area contributed by atoms with Gasteiger partial charge in [-0.05, 0) is 24.4 Å². The lowest BCUT2D eigenvalue weighted by atomic mass is 10.1. The molecule has 1 unspecified atom stereocenters. The fraction of sp³-hybridized carbons (Fsp3) is 0.700. The Balaban J connectivity index is 2.40. The summed E-state index contributed by atoms with van der Waals surface area (Å²) >= 11 is 1.09. The van der Waals surface area contributed by atoms with Crippen molar-refractivity contribution >= 4 is 32.2 Å². The number of nitrogens with zero attached hydrogens (tertiary/aromatic N) is 2. The molecule has 0 saturated carbocycles. The van der Waals surface area contributed by atoms with Gasteiger partial charge in [0.1, 0.15) is 9.90 Å². The second kappa shape index (κ2) is 5.02. The number of hydrogen-bond donors (Lipinski definition) is 2. The summed E-state index contributed by atoms with van der Waals surface area (Å²) in [4.78, 5) is 1.99. The van der Waals surface area contributed by atoms with Gasteiger partial charge in [0.05, 0.1) is 11.9 Å². The highest BCUT2D eigenvalue weighted by Crippen LogP contribution is 2.36. The number of rotatable bonds is 3. The molecule has 2 rings (SSSR count). The van der Waals surface area contributed by atoms with Crippen LogP contribution in [0.5, 0.6) is 0 Å². The smallest absolute Gasteiger partial charge is 0.184 e. The van der Waals surface area contributed by atoms with Gasteiger partial charge in [0, 0.05) is 13.1 Å². The maximum absolute atomic E-state index is 12.0. The maximum Gasteiger partial charge on any atom is 0.184 e. The lowest BCUT2D eigenvalue weighted by Crippen LogP contribution is -2.38. The maximum atomic E-state index is 12.0. The Bertz CT molecular complexity index is 526. The van der Waals surface area contributed by atoms with Crippen LogP contribution in [0.3, 0.4) is 0 Å². The Kier molecular flexibility index (Phi) is 3.79. The van der Waals surface area contributed by atoms with E-state index in [-0.39, 0.29) is 16.5 Å². The number of hydrogen-bond acceptors (Lipinski definition) is 7. The molecular formula is C10H17N3O3S2. The van der Waals surface area contributed by atoms with Crippen LogP contribution in [0.4, 0.5) is 10.8 Å². The van der Waals surface area contributed by atoms with Crippen molar-refractivity contribution in [3.63, 3.8) is 0 Å². The van der Waals surface area contributed by atoms with Gasteiger partial charge in [0.2, 0.25) is 0 Å². The Morgan fingerprint density at radius 1 is 1.61 bits per heavy atom. The van der Waals surface area contributed by atoms with Gasteiger partial charge in [-0.1, -0.05) is 6.92 Å². The number of anilines is 2. The SMILES string of the molecule is CCS(=O)(=O)c1c(N)nsc1N1CCCC(O)C1. The van der Waals surface area contributed by atoms with Crippen LogP contribution in [0.25, 0.3) is 0 Å². The van der Waals surface area contributed by atoms with Crippen LogP contribution < -0.4 is 10.6 Å². The first-order valence-electron chi connectivity index (χ1n) is 5.86. The number of nitrogen functional groups attached to an aromatic ring is 1. The highest BCUT2D eigenvalue weighted by Gasteiger charge is 2.29. The van der Waals surface area contributed by atoms with Gasteiger partial charge >= 0.3 is 0 Å². The molecule has 0 aliphatic carbocycles. The normalized spacial score (nSPS) is 21.2. The summed E-state index contributed by atoms with van der Waals surface area (Å²) in [5, 5.41) is 10.2. The number of nitrogens with two attached hydrogens (primary N) is 1. The van der Waals surface area contributed by atoms with Gasteiger partial charge in [-0.25, -0.2) is 8.42 Å². The zero-order valence-electron chi connectivity index (χ0n) is 10.2. The summed E-state index contributed by atoms with van der Waals surface area (Å²) in [5.41, 5.74) is 5.68. The van der Waals surface area contributed by atoms with Crippen LogP contribution in [-0.2, 0) is 9.84 Å². The minimum atomic E-state index is -3.38. The topological polar surface area (TPSA) is 96.5 Å². The van der Waals surface area contributed by atoms with Gasteiger partial charge < -0.3 is 15.7 Å². The Labute approximate surface area is 111 Å². The molecule has 6 nitrogen and oxygen atoms in total. The number of aliphatic hydroxyl groups excluding tert-OH is 1. The van der Waals surface area contributed by atoms with Crippen LogP contribution in [0.15, 0.2) is 4.90 Å². The minimum Gasteiger partial charge on any atom is -0.391 e. The fourth-order valence-corrected chi connectivity index (χ4v) is 4.41. The molecule has 0 bridgehead atoms. The Hall–Kier alpha value is -0.860. The summed E-state index contributed by atoms with van der Waals surface area (Å²) in [6.07, 6.45) is 1.17. The van der Waals surface area contributed by atoms with E-state index < -0.39 is 15.9 Å². The molecule has 1 aromatic rings. The predicted octanol–water partition coefficient (Wildman–Crippen LogP) is 0.480. The van der Waals surface area contributed by atoms with Crippen LogP contribution in [0.2, 0.25) is 0 Å². The third-order valence-corrected chi connectivity index (χ3v) is 5.87. The number of piperidine rings is 1. The molecule has 1 atom stereocenters. The first-order valence-corrected chi connectivity index (χ1v) is 8.29. The summed E-state index contributed by atoms with van der Waals surface area (Å²) in [6, 6.07) is 0. The third kappa shape index (κ3) is 2.45. The Morgan fingerprint density at radius 3 is 2.94 bits per heavy atom. The van der Waals surface area contributed by atoms with Crippen molar-refractivity contribution in [2.45, 2.75) is 30.8 Å². The second-order valence-corrected chi connectivity index (χ2v) is 7.31. The van der Waals surface area contributed by atoms with Crippen LogP contribution in [0.1, 0.15) is 19.8 Å². The standard InChI is InChI=1S/C10H17N3O3S2/c1-2-18(15,16)8-9(11)12-17-10(8)13-5-3-4-7(14)6-13/h7,14H,2-6H2,1H3,(H2,11,12). The summed E-state index contributed by atoms with van der Waals surface area (Å²) in [6.45, 7) is 2.75. The molecule has 1 fully saturated rings. The van der Waals surface area contributed by atoms with Crippen molar-refractivity contribution in [3.05, 3.63) is 0 Å². The molecule has 1 aromatic heterocycles. The largest absolute Gasteiger partial charge is 0.391 e. The average Bonchev–Trinajstić information content (AvgIpc) is 2.72. The van der Waals surface area contributed by atoms with E-state index in [1.54, 1.807) is 6.92 Å². The van der Waals surface area contributed by atoms with Crippen LogP contribution >= 0.6 is 11.5 Å². The van der Waals surface area contributed by atoms with E-state index in [9.17, 15) is 13.5 Å². The highest BCUT2D eigenvalue weighted by molar-refractivity contribution is 7.91. The van der Waals surface area contributed by atoms with Crippen molar-refractivity contribution < 1.29 is 13.5 Å². The molecule has 1 aliphatic heterocycles. The van der Waals surface area contributed by atoms with Crippen molar-refractivity contribution in [2.75, 3.05) is 29.5 Å². The monoisotopic (exact) mass is 291 g/mol. The van der Waals surface area contributed by atoms with E-state index in [0.29, 0.717) is 11.5 Å². The molecule has 0 amide bonds. The van der Waals surface area contributed by atoms with Gasteiger partial charge in [0.25, 0.3) is 0 Å². The number of β-amino-alcohol motifs (C(OH)–C–C–N with tert-alkyl or cyclic N) is 1. The van der Waals surface area contributed by atoms with Crippen LogP contribution in [-0.4, -0.2) is 42.8 Å². The summed E-state index contributed by atoms with van der Waals surface area (Å²) in [7, 11) is -3.38. The Morgan fingerprint density at radius 2 is 2.33 bits per heavy atom. The lowest BCUT2D eigenvalue weighted by Gasteiger charge is -2.31. The number of aromatic nitrogens is 1. The molecule has 8 heteroatoms. The van der Waals surface area contributed by atoms with E-state index >= 15 is 0 Å². The molecule has 0 spiro atoms. The van der Waals surface area contributed by atoms with Gasteiger partial charge in [-0.3, -0.25) is 0 Å². The molecule has 18 heavy (non-hydrogen) atoms.